The third-order valence-electron chi connectivity index (χ3n) is 7.81. The lowest BCUT2D eigenvalue weighted by atomic mass is 9.85. The molecule has 2 nitrogen and oxygen atoms in total. The molecule has 0 spiro atoms. The van der Waals surface area contributed by atoms with E-state index < -0.39 is 8.07 Å². The maximum Gasteiger partial charge on any atom is 0.116 e. The average Bonchev–Trinajstić information content (AvgIpc) is 3.24. The van der Waals surface area contributed by atoms with Crippen molar-refractivity contribution in [1.82, 2.24) is 9.97 Å². The molecule has 2 heterocycles. The van der Waals surface area contributed by atoms with E-state index in [1.165, 1.54) is 64.1 Å². The van der Waals surface area contributed by atoms with Gasteiger partial charge in [-0.2, -0.15) is 0 Å². The van der Waals surface area contributed by atoms with Gasteiger partial charge in [-0.1, -0.05) is 100 Å². The van der Waals surface area contributed by atoms with Crippen LogP contribution in [0, 0.1) is 19.3 Å². The number of hydrogen-bond acceptors (Lipinski definition) is 3. The number of fused-ring (bicyclic) bond motifs is 4. The fourth-order valence-electron chi connectivity index (χ4n) is 6.23. The van der Waals surface area contributed by atoms with Gasteiger partial charge in [0.2, 0.25) is 0 Å². The molecule has 0 radical (unpaired) electrons. The first-order valence-electron chi connectivity index (χ1n) is 14.2. The van der Waals surface area contributed by atoms with Crippen molar-refractivity contribution in [3.8, 4) is 22.4 Å². The Morgan fingerprint density at radius 2 is 1.50 bits per heavy atom. The first-order valence-corrected chi connectivity index (χ1v) is 18.5. The van der Waals surface area contributed by atoms with E-state index in [-0.39, 0.29) is 5.41 Å². The summed E-state index contributed by atoms with van der Waals surface area (Å²) >= 11 is 1.82. The van der Waals surface area contributed by atoms with E-state index in [1.54, 1.807) is 6.33 Å². The third-order valence-corrected chi connectivity index (χ3v) is 11.0. The Morgan fingerprint density at radius 1 is 0.775 bits per heavy atom. The molecular weight excluding hydrogens is 521 g/mol. The van der Waals surface area contributed by atoms with Crippen molar-refractivity contribution < 1.29 is 0 Å². The van der Waals surface area contributed by atoms with Gasteiger partial charge in [0, 0.05) is 15.6 Å². The maximum absolute atomic E-state index is 4.86. The first-order chi connectivity index (χ1) is 18.9. The van der Waals surface area contributed by atoms with Gasteiger partial charge in [0.25, 0.3) is 0 Å². The lowest BCUT2D eigenvalue weighted by Gasteiger charge is -2.21. The van der Waals surface area contributed by atoms with Crippen LogP contribution in [-0.4, -0.2) is 18.0 Å². The molecule has 0 aliphatic carbocycles. The summed E-state index contributed by atoms with van der Waals surface area (Å²) in [5.41, 5.74) is 10.3. The van der Waals surface area contributed by atoms with E-state index in [4.69, 9.17) is 9.97 Å². The number of aromatic nitrogens is 2. The van der Waals surface area contributed by atoms with Crippen LogP contribution in [0.5, 0.6) is 0 Å². The Balaban J connectivity index is 1.51. The minimum atomic E-state index is -1.57. The molecule has 0 unspecified atom stereocenters. The first kappa shape index (κ1) is 26.9. The standard InChI is InChI=1S/C36H38N2SSi/c1-22-15-24(20-36(3,4)5)16-23(2)32(22)26-13-14-29-30(18-26)39-35-33(37-21-38-34(29)35)27-17-25-11-9-10-12-28(25)31(19-27)40(6,7)8/h9-19,21H,20H2,1-8H3. The summed E-state index contributed by atoms with van der Waals surface area (Å²) in [5, 5.41) is 5.35. The average molecular weight is 559 g/mol. The fourth-order valence-corrected chi connectivity index (χ4v) is 9.06. The maximum atomic E-state index is 4.86. The van der Waals surface area contributed by atoms with Gasteiger partial charge in [0.05, 0.1) is 24.0 Å². The van der Waals surface area contributed by atoms with E-state index in [0.29, 0.717) is 0 Å². The van der Waals surface area contributed by atoms with Crippen LogP contribution in [0.3, 0.4) is 0 Å². The molecule has 4 aromatic carbocycles. The zero-order chi connectivity index (χ0) is 28.4. The third kappa shape index (κ3) is 4.88. The van der Waals surface area contributed by atoms with E-state index in [9.17, 15) is 0 Å². The van der Waals surface area contributed by atoms with Crippen molar-refractivity contribution in [2.45, 2.75) is 60.7 Å². The molecule has 4 heteroatoms. The van der Waals surface area contributed by atoms with E-state index >= 15 is 0 Å². The normalized spacial score (nSPS) is 12.6. The van der Waals surface area contributed by atoms with Crippen molar-refractivity contribution in [3.63, 3.8) is 0 Å². The van der Waals surface area contributed by atoms with Crippen molar-refractivity contribution in [1.29, 1.82) is 0 Å². The van der Waals surface area contributed by atoms with Gasteiger partial charge in [-0.3, -0.25) is 0 Å². The fraction of sp³-hybridized carbons (Fsp3) is 0.278. The van der Waals surface area contributed by atoms with Gasteiger partial charge in [-0.05, 0) is 76.4 Å². The Hall–Kier alpha value is -3.34. The van der Waals surface area contributed by atoms with Crippen molar-refractivity contribution in [2.75, 3.05) is 0 Å². The number of aryl methyl sites for hydroxylation is 2. The highest BCUT2D eigenvalue weighted by atomic mass is 32.1. The Morgan fingerprint density at radius 3 is 2.20 bits per heavy atom. The zero-order valence-electron chi connectivity index (χ0n) is 24.9. The molecule has 0 N–H and O–H groups in total. The van der Waals surface area contributed by atoms with Gasteiger partial charge in [-0.15, -0.1) is 11.3 Å². The number of thiophene rings is 1. The van der Waals surface area contributed by atoms with Crippen LogP contribution in [-0.2, 0) is 6.42 Å². The largest absolute Gasteiger partial charge is 0.235 e. The van der Waals surface area contributed by atoms with Crippen LogP contribution < -0.4 is 5.19 Å². The predicted molar refractivity (Wildman–Crippen MR) is 179 cm³/mol. The van der Waals surface area contributed by atoms with E-state index in [1.807, 2.05) is 11.3 Å². The summed E-state index contributed by atoms with van der Waals surface area (Å²) in [6.07, 6.45) is 2.82. The predicted octanol–water partition coefficient (Wildman–Crippen LogP) is 10.1. The molecule has 0 aliphatic rings. The molecule has 0 amide bonds. The molecule has 0 saturated carbocycles. The molecule has 0 saturated heterocycles. The van der Waals surface area contributed by atoms with Crippen molar-refractivity contribution in [2.24, 2.45) is 5.41 Å². The molecule has 202 valence electrons. The minimum Gasteiger partial charge on any atom is -0.235 e. The van der Waals surface area contributed by atoms with Gasteiger partial charge in [0.15, 0.2) is 0 Å². The smallest absolute Gasteiger partial charge is 0.116 e. The molecular formula is C36H38N2SSi. The van der Waals surface area contributed by atoms with Gasteiger partial charge in [-0.25, -0.2) is 9.97 Å². The molecule has 0 atom stereocenters. The second kappa shape index (κ2) is 9.64. The summed E-state index contributed by atoms with van der Waals surface area (Å²) in [4.78, 5) is 9.64. The highest BCUT2D eigenvalue weighted by Gasteiger charge is 2.22. The van der Waals surface area contributed by atoms with Crippen LogP contribution in [0.25, 0.3) is 53.5 Å². The Kier molecular flexibility index (Phi) is 6.47. The van der Waals surface area contributed by atoms with Crippen molar-refractivity contribution in [3.05, 3.63) is 89.7 Å². The summed E-state index contributed by atoms with van der Waals surface area (Å²) in [7, 11) is -1.57. The molecule has 0 aliphatic heterocycles. The lowest BCUT2D eigenvalue weighted by Crippen LogP contribution is -2.38. The zero-order valence-corrected chi connectivity index (χ0v) is 26.8. The van der Waals surface area contributed by atoms with Crippen LogP contribution in [0.2, 0.25) is 19.6 Å². The van der Waals surface area contributed by atoms with Crippen LogP contribution in [0.4, 0.5) is 0 Å². The monoisotopic (exact) mass is 558 g/mol. The minimum absolute atomic E-state index is 0.274. The number of nitrogens with zero attached hydrogens (tertiary/aromatic N) is 2. The Bertz CT molecular complexity index is 1900. The SMILES string of the molecule is Cc1cc(CC(C)(C)C)cc(C)c1-c1ccc2c(c1)sc1c(-c3cc([Si](C)(C)C)c4ccccc4c3)ncnc12. The van der Waals surface area contributed by atoms with Gasteiger partial charge < -0.3 is 0 Å². The molecule has 40 heavy (non-hydrogen) atoms. The quantitative estimate of drug-likeness (QED) is 0.201. The van der Waals surface area contributed by atoms with Crippen LogP contribution >= 0.6 is 11.3 Å². The van der Waals surface area contributed by atoms with Gasteiger partial charge >= 0.3 is 0 Å². The highest BCUT2D eigenvalue weighted by Crippen LogP contribution is 2.41. The summed E-state index contributed by atoms with van der Waals surface area (Å²) < 4.78 is 2.43. The molecule has 0 fully saturated rings. The lowest BCUT2D eigenvalue weighted by molar-refractivity contribution is 0.411. The Labute approximate surface area is 243 Å². The summed E-state index contributed by atoms with van der Waals surface area (Å²) in [5.74, 6) is 0. The van der Waals surface area contributed by atoms with Gasteiger partial charge in [0.1, 0.15) is 6.33 Å². The topological polar surface area (TPSA) is 25.8 Å². The molecule has 2 aromatic heterocycles. The summed E-state index contributed by atoms with van der Waals surface area (Å²) in [6, 6.07) is 25.1. The van der Waals surface area contributed by atoms with E-state index in [2.05, 4.69) is 121 Å². The molecule has 6 aromatic rings. The van der Waals surface area contributed by atoms with Crippen LogP contribution in [0.1, 0.15) is 37.5 Å². The molecule has 0 bridgehead atoms. The molecule has 6 rings (SSSR count). The second-order valence-electron chi connectivity index (χ2n) is 13.6. The van der Waals surface area contributed by atoms with E-state index in [0.717, 1.165) is 17.6 Å². The van der Waals surface area contributed by atoms with Crippen molar-refractivity contribution >= 4 is 55.7 Å². The highest BCUT2D eigenvalue weighted by molar-refractivity contribution is 7.26. The van der Waals surface area contributed by atoms with Crippen LogP contribution in [0.15, 0.2) is 73.1 Å². The number of benzene rings is 4. The second-order valence-corrected chi connectivity index (χ2v) is 19.6. The number of rotatable bonds is 4. The summed E-state index contributed by atoms with van der Waals surface area (Å²) in [6.45, 7) is 18.7. The number of hydrogen-bond donors (Lipinski definition) is 0.